The van der Waals surface area contributed by atoms with Crippen LogP contribution in [0.15, 0.2) is 30.3 Å². The maximum Gasteiger partial charge on any atom is 0.224 e. The van der Waals surface area contributed by atoms with Gasteiger partial charge in [0.05, 0.1) is 12.1 Å². The van der Waals surface area contributed by atoms with E-state index in [9.17, 15) is 9.59 Å². The van der Waals surface area contributed by atoms with Crippen LogP contribution in [0.2, 0.25) is 0 Å². The molecule has 2 amide bonds. The van der Waals surface area contributed by atoms with E-state index in [-0.39, 0.29) is 29.8 Å². The fourth-order valence-corrected chi connectivity index (χ4v) is 4.66. The van der Waals surface area contributed by atoms with Crippen molar-refractivity contribution in [1.29, 1.82) is 0 Å². The molecule has 3 atom stereocenters. The van der Waals surface area contributed by atoms with Gasteiger partial charge in [-0.25, -0.2) is 0 Å². The lowest BCUT2D eigenvalue weighted by Gasteiger charge is -2.38. The van der Waals surface area contributed by atoms with Crippen LogP contribution < -0.4 is 0 Å². The summed E-state index contributed by atoms with van der Waals surface area (Å²) in [6, 6.07) is 10.5. The molecule has 0 unspecified atom stereocenters. The number of halogens is 1. The molecular weight excluding hydrogens is 336 g/mol. The molecule has 2 aliphatic rings. The van der Waals surface area contributed by atoms with Gasteiger partial charge in [0, 0.05) is 38.2 Å². The van der Waals surface area contributed by atoms with E-state index >= 15 is 0 Å². The highest BCUT2D eigenvalue weighted by Crippen LogP contribution is 2.39. The van der Waals surface area contributed by atoms with E-state index in [1.165, 1.54) is 5.56 Å². The van der Waals surface area contributed by atoms with Crippen molar-refractivity contribution >= 4 is 23.4 Å². The standard InChI is InChI=1S/C20H27ClN2O2/c1-15(24)22-13-7-3-6-10-18-20(22)17(16-8-4-2-5-9-16)14-23(18)19(25)11-12-21/h2,4-5,8-9,17-18,20H,3,6-7,10-14H2,1H3/t17-,18-,20-/m0/s1. The Bertz CT molecular complexity index is 607. The molecule has 2 aliphatic heterocycles. The SMILES string of the molecule is CC(=O)N1CCCCC[C@H]2[C@@H]1[C@H](c1ccccc1)CN2C(=O)CCCl. The second-order valence-corrected chi connectivity index (χ2v) is 7.50. The summed E-state index contributed by atoms with van der Waals surface area (Å²) in [4.78, 5) is 29.1. The maximum atomic E-state index is 12.7. The van der Waals surface area contributed by atoms with E-state index in [0.717, 1.165) is 32.2 Å². The van der Waals surface area contributed by atoms with E-state index in [1.54, 1.807) is 6.92 Å². The van der Waals surface area contributed by atoms with Gasteiger partial charge in [0.15, 0.2) is 0 Å². The second kappa shape index (κ2) is 8.22. The highest BCUT2D eigenvalue weighted by atomic mass is 35.5. The highest BCUT2D eigenvalue weighted by Gasteiger charge is 2.47. The van der Waals surface area contributed by atoms with E-state index in [0.29, 0.717) is 18.8 Å². The van der Waals surface area contributed by atoms with Crippen molar-refractivity contribution in [2.75, 3.05) is 19.0 Å². The summed E-state index contributed by atoms with van der Waals surface area (Å²) >= 11 is 5.83. The van der Waals surface area contributed by atoms with Crippen LogP contribution in [0.25, 0.3) is 0 Å². The van der Waals surface area contributed by atoms with Crippen LogP contribution in [0.4, 0.5) is 0 Å². The van der Waals surface area contributed by atoms with Crippen molar-refractivity contribution in [2.45, 2.75) is 57.0 Å². The van der Waals surface area contributed by atoms with E-state index in [4.69, 9.17) is 11.6 Å². The van der Waals surface area contributed by atoms with Crippen LogP contribution in [0.5, 0.6) is 0 Å². The highest BCUT2D eigenvalue weighted by molar-refractivity contribution is 6.18. The molecule has 25 heavy (non-hydrogen) atoms. The molecule has 0 N–H and O–H groups in total. The molecule has 5 heteroatoms. The van der Waals surface area contributed by atoms with Gasteiger partial charge < -0.3 is 9.80 Å². The largest absolute Gasteiger partial charge is 0.337 e. The molecule has 1 aromatic carbocycles. The molecule has 4 nitrogen and oxygen atoms in total. The summed E-state index contributed by atoms with van der Waals surface area (Å²) in [6.45, 7) is 3.13. The Labute approximate surface area is 155 Å². The minimum Gasteiger partial charge on any atom is -0.337 e. The Morgan fingerprint density at radius 2 is 1.88 bits per heavy atom. The lowest BCUT2D eigenvalue weighted by molar-refractivity contribution is -0.136. The normalized spacial score (nSPS) is 26.7. The first kappa shape index (κ1) is 18.2. The fraction of sp³-hybridized carbons (Fsp3) is 0.600. The van der Waals surface area contributed by atoms with Gasteiger partial charge in [-0.05, 0) is 18.4 Å². The monoisotopic (exact) mass is 362 g/mol. The predicted octanol–water partition coefficient (Wildman–Crippen LogP) is 3.40. The van der Waals surface area contributed by atoms with Crippen molar-refractivity contribution in [3.8, 4) is 0 Å². The zero-order valence-electron chi connectivity index (χ0n) is 14.9. The quantitative estimate of drug-likeness (QED) is 0.773. The molecular formula is C20H27ClN2O2. The fourth-order valence-electron chi connectivity index (χ4n) is 4.50. The average Bonchev–Trinajstić information content (AvgIpc) is 2.94. The first-order valence-corrected chi connectivity index (χ1v) is 9.84. The predicted molar refractivity (Wildman–Crippen MR) is 99.7 cm³/mol. The summed E-state index contributed by atoms with van der Waals surface area (Å²) in [7, 11) is 0. The number of nitrogens with zero attached hydrogens (tertiary/aromatic N) is 2. The van der Waals surface area contributed by atoms with Gasteiger partial charge in [-0.2, -0.15) is 0 Å². The summed E-state index contributed by atoms with van der Waals surface area (Å²) in [6.07, 6.45) is 4.59. The van der Waals surface area contributed by atoms with Gasteiger partial charge in [-0.1, -0.05) is 43.2 Å². The van der Waals surface area contributed by atoms with Gasteiger partial charge in [0.2, 0.25) is 11.8 Å². The van der Waals surface area contributed by atoms with Crippen molar-refractivity contribution in [3.05, 3.63) is 35.9 Å². The average molecular weight is 363 g/mol. The Balaban J connectivity index is 1.98. The molecule has 0 aromatic heterocycles. The Morgan fingerprint density at radius 3 is 2.56 bits per heavy atom. The number of carbonyl (C=O) groups excluding carboxylic acids is 2. The Kier molecular flexibility index (Phi) is 6.00. The number of amides is 2. The van der Waals surface area contributed by atoms with Crippen LogP contribution in [-0.4, -0.2) is 52.7 Å². The molecule has 0 saturated carbocycles. The van der Waals surface area contributed by atoms with Crippen LogP contribution in [0, 0.1) is 0 Å². The molecule has 0 radical (unpaired) electrons. The van der Waals surface area contributed by atoms with Crippen LogP contribution in [-0.2, 0) is 9.59 Å². The zero-order chi connectivity index (χ0) is 17.8. The molecule has 2 saturated heterocycles. The van der Waals surface area contributed by atoms with Gasteiger partial charge >= 0.3 is 0 Å². The van der Waals surface area contributed by atoms with Crippen molar-refractivity contribution in [3.63, 3.8) is 0 Å². The van der Waals surface area contributed by atoms with Crippen molar-refractivity contribution in [1.82, 2.24) is 9.80 Å². The number of carbonyl (C=O) groups is 2. The van der Waals surface area contributed by atoms with Crippen LogP contribution in [0.1, 0.15) is 50.5 Å². The molecule has 136 valence electrons. The smallest absolute Gasteiger partial charge is 0.224 e. The summed E-state index contributed by atoms with van der Waals surface area (Å²) in [5.74, 6) is 0.753. The van der Waals surface area contributed by atoms with Gasteiger partial charge in [-0.15, -0.1) is 11.6 Å². The second-order valence-electron chi connectivity index (χ2n) is 7.12. The molecule has 2 heterocycles. The molecule has 0 bridgehead atoms. The number of likely N-dealkylation sites (tertiary alicyclic amines) is 2. The molecule has 1 aromatic rings. The van der Waals surface area contributed by atoms with Crippen molar-refractivity contribution < 1.29 is 9.59 Å². The molecule has 0 aliphatic carbocycles. The number of fused-ring (bicyclic) bond motifs is 1. The van der Waals surface area contributed by atoms with Crippen LogP contribution in [0.3, 0.4) is 0 Å². The number of hydrogen-bond donors (Lipinski definition) is 0. The van der Waals surface area contributed by atoms with E-state index in [1.807, 2.05) is 28.0 Å². The minimum absolute atomic E-state index is 0.0690. The van der Waals surface area contributed by atoms with Gasteiger partial charge in [0.1, 0.15) is 0 Å². The summed E-state index contributed by atoms with van der Waals surface area (Å²) in [5.41, 5.74) is 1.21. The van der Waals surface area contributed by atoms with Gasteiger partial charge in [-0.3, -0.25) is 9.59 Å². The third-order valence-corrected chi connectivity index (χ3v) is 5.81. The van der Waals surface area contributed by atoms with Crippen molar-refractivity contribution in [2.24, 2.45) is 0 Å². The molecule has 0 spiro atoms. The number of rotatable bonds is 3. The summed E-state index contributed by atoms with van der Waals surface area (Å²) in [5, 5.41) is 0. The van der Waals surface area contributed by atoms with E-state index < -0.39 is 0 Å². The lowest BCUT2D eigenvalue weighted by atomic mass is 9.87. The van der Waals surface area contributed by atoms with E-state index in [2.05, 4.69) is 12.1 Å². The topological polar surface area (TPSA) is 40.6 Å². The van der Waals surface area contributed by atoms with Crippen LogP contribution >= 0.6 is 11.6 Å². The minimum atomic E-state index is 0.0690. The molecule has 3 rings (SSSR count). The first-order chi connectivity index (χ1) is 12.1. The third-order valence-electron chi connectivity index (χ3n) is 5.62. The number of alkyl halides is 1. The van der Waals surface area contributed by atoms with Gasteiger partial charge in [0.25, 0.3) is 0 Å². The first-order valence-electron chi connectivity index (χ1n) is 9.31. The zero-order valence-corrected chi connectivity index (χ0v) is 15.6. The summed E-state index contributed by atoms with van der Waals surface area (Å²) < 4.78 is 0. The number of benzene rings is 1. The molecule has 2 fully saturated rings. The lowest BCUT2D eigenvalue weighted by Crippen LogP contribution is -2.51. The third kappa shape index (κ3) is 3.84. The Morgan fingerprint density at radius 1 is 1.12 bits per heavy atom. The number of hydrogen-bond acceptors (Lipinski definition) is 2. The Hall–Kier alpha value is -1.55. The maximum absolute atomic E-state index is 12.7.